The van der Waals surface area contributed by atoms with E-state index in [1.54, 1.807) is 7.11 Å². The van der Waals surface area contributed by atoms with Gasteiger partial charge in [0.25, 0.3) is 11.1 Å². The second-order valence-corrected chi connectivity index (χ2v) is 9.16. The molecule has 2 aromatic carbocycles. The third-order valence-corrected chi connectivity index (χ3v) is 6.65. The summed E-state index contributed by atoms with van der Waals surface area (Å²) < 4.78 is 8.32. The van der Waals surface area contributed by atoms with Gasteiger partial charge < -0.3 is 9.30 Å². The fourth-order valence-corrected chi connectivity index (χ4v) is 4.71. The van der Waals surface area contributed by atoms with Gasteiger partial charge in [0.05, 0.1) is 18.6 Å². The molecule has 31 heavy (non-hydrogen) atoms. The van der Waals surface area contributed by atoms with Crippen LogP contribution in [-0.2, 0) is 11.3 Å². The summed E-state index contributed by atoms with van der Waals surface area (Å²) in [5, 5.41) is -0.247. The molecule has 1 fully saturated rings. The van der Waals surface area contributed by atoms with Crippen LogP contribution in [0.5, 0.6) is 5.75 Å². The molecule has 0 N–H and O–H groups in total. The number of halogens is 1. The van der Waals surface area contributed by atoms with Gasteiger partial charge in [0.1, 0.15) is 5.75 Å². The summed E-state index contributed by atoms with van der Waals surface area (Å²) >= 11 is 4.39. The highest BCUT2D eigenvalue weighted by atomic mass is 79.9. The number of carbonyl (C=O) groups excluding carboxylic acids is 2. The zero-order valence-corrected chi connectivity index (χ0v) is 19.8. The maximum atomic E-state index is 12.9. The SMILES string of the molecule is COc1ccc(-n2c(C)cc(/C=C3\SC(=O)N(Cc4ccc(Br)cc4)C3=O)c2C)cc1. The maximum absolute atomic E-state index is 12.9. The van der Waals surface area contributed by atoms with Crippen LogP contribution < -0.4 is 4.74 Å². The molecule has 5 nitrogen and oxygen atoms in total. The van der Waals surface area contributed by atoms with Crippen LogP contribution in [0.15, 0.2) is 64.0 Å². The number of ether oxygens (including phenoxy) is 1. The molecule has 2 heterocycles. The maximum Gasteiger partial charge on any atom is 0.293 e. The number of aryl methyl sites for hydroxylation is 1. The Kier molecular flexibility index (Phi) is 6.07. The van der Waals surface area contributed by atoms with E-state index in [0.717, 1.165) is 50.2 Å². The third kappa shape index (κ3) is 4.34. The summed E-state index contributed by atoms with van der Waals surface area (Å²) in [5.41, 5.74) is 4.89. The molecule has 0 unspecified atom stereocenters. The van der Waals surface area contributed by atoms with Gasteiger partial charge in [-0.25, -0.2) is 0 Å². The van der Waals surface area contributed by atoms with Crippen molar-refractivity contribution in [2.45, 2.75) is 20.4 Å². The summed E-state index contributed by atoms with van der Waals surface area (Å²) in [6.45, 7) is 4.29. The largest absolute Gasteiger partial charge is 0.497 e. The molecule has 0 spiro atoms. The molecule has 1 saturated heterocycles. The van der Waals surface area contributed by atoms with Crippen molar-refractivity contribution in [3.05, 3.63) is 86.5 Å². The monoisotopic (exact) mass is 496 g/mol. The number of imide groups is 1. The van der Waals surface area contributed by atoms with Gasteiger partial charge in [0.2, 0.25) is 0 Å². The van der Waals surface area contributed by atoms with Crippen molar-refractivity contribution in [2.75, 3.05) is 7.11 Å². The Morgan fingerprint density at radius 3 is 2.35 bits per heavy atom. The summed E-state index contributed by atoms with van der Waals surface area (Å²) in [6, 6.07) is 17.5. The lowest BCUT2D eigenvalue weighted by atomic mass is 10.2. The van der Waals surface area contributed by atoms with Crippen molar-refractivity contribution in [1.82, 2.24) is 9.47 Å². The quantitative estimate of drug-likeness (QED) is 0.400. The van der Waals surface area contributed by atoms with Gasteiger partial charge in [-0.1, -0.05) is 28.1 Å². The minimum atomic E-state index is -0.257. The van der Waals surface area contributed by atoms with Crippen LogP contribution in [0.25, 0.3) is 11.8 Å². The minimum Gasteiger partial charge on any atom is -0.497 e. The van der Waals surface area contributed by atoms with Crippen molar-refractivity contribution < 1.29 is 14.3 Å². The van der Waals surface area contributed by atoms with Crippen LogP contribution in [0.2, 0.25) is 0 Å². The smallest absolute Gasteiger partial charge is 0.293 e. The highest BCUT2D eigenvalue weighted by Gasteiger charge is 2.35. The van der Waals surface area contributed by atoms with Gasteiger partial charge >= 0.3 is 0 Å². The Bertz CT molecular complexity index is 1180. The highest BCUT2D eigenvalue weighted by Crippen LogP contribution is 2.35. The molecule has 0 aliphatic carbocycles. The Labute approximate surface area is 193 Å². The first kappa shape index (κ1) is 21.5. The molecule has 158 valence electrons. The predicted molar refractivity (Wildman–Crippen MR) is 127 cm³/mol. The second-order valence-electron chi connectivity index (χ2n) is 7.25. The molecule has 0 bridgehead atoms. The molecule has 1 aromatic heterocycles. The van der Waals surface area contributed by atoms with Crippen LogP contribution >= 0.6 is 27.7 Å². The molecular formula is C24H21BrN2O3S. The number of aromatic nitrogens is 1. The molecule has 2 amide bonds. The van der Waals surface area contributed by atoms with E-state index in [2.05, 4.69) is 20.5 Å². The van der Waals surface area contributed by atoms with Crippen molar-refractivity contribution in [2.24, 2.45) is 0 Å². The molecule has 1 aliphatic rings. The van der Waals surface area contributed by atoms with Gasteiger partial charge in [-0.2, -0.15) is 0 Å². The zero-order chi connectivity index (χ0) is 22.1. The fourth-order valence-electron chi connectivity index (χ4n) is 3.61. The molecule has 3 aromatic rings. The number of methoxy groups -OCH3 is 1. The zero-order valence-electron chi connectivity index (χ0n) is 17.4. The van der Waals surface area contributed by atoms with Crippen molar-refractivity contribution in [3.63, 3.8) is 0 Å². The third-order valence-electron chi connectivity index (χ3n) is 5.22. The minimum absolute atomic E-state index is 0.247. The van der Waals surface area contributed by atoms with Gasteiger partial charge in [-0.3, -0.25) is 14.5 Å². The fraction of sp³-hybridized carbons (Fsp3) is 0.167. The summed E-state index contributed by atoms with van der Waals surface area (Å²) in [7, 11) is 1.64. The standard InChI is InChI=1S/C24H21BrN2O3S/c1-15-12-18(16(2)27(15)20-8-10-21(30-3)11-9-20)13-22-23(28)26(24(29)31-22)14-17-4-6-19(25)7-5-17/h4-13H,14H2,1-3H3/b22-13-. The molecule has 0 atom stereocenters. The van der Waals surface area contributed by atoms with E-state index < -0.39 is 0 Å². The number of nitrogens with zero attached hydrogens (tertiary/aromatic N) is 2. The number of rotatable bonds is 5. The number of amides is 2. The van der Waals surface area contributed by atoms with Gasteiger partial charge in [-0.15, -0.1) is 0 Å². The average Bonchev–Trinajstić information content (AvgIpc) is 3.19. The first-order valence-corrected chi connectivity index (χ1v) is 11.3. The summed E-state index contributed by atoms with van der Waals surface area (Å²) in [6.07, 6.45) is 1.81. The lowest BCUT2D eigenvalue weighted by Crippen LogP contribution is -2.27. The van der Waals surface area contributed by atoms with E-state index in [1.165, 1.54) is 4.90 Å². The first-order valence-electron chi connectivity index (χ1n) is 9.70. The Morgan fingerprint density at radius 2 is 1.71 bits per heavy atom. The van der Waals surface area contributed by atoms with E-state index in [1.807, 2.05) is 74.5 Å². The summed E-state index contributed by atoms with van der Waals surface area (Å²) in [5.74, 6) is 0.540. The molecule has 0 radical (unpaired) electrons. The highest BCUT2D eigenvalue weighted by molar-refractivity contribution is 9.10. The number of benzene rings is 2. The van der Waals surface area contributed by atoms with Crippen LogP contribution in [0.4, 0.5) is 4.79 Å². The number of carbonyl (C=O) groups is 2. The second kappa shape index (κ2) is 8.77. The van der Waals surface area contributed by atoms with E-state index >= 15 is 0 Å². The van der Waals surface area contributed by atoms with Crippen LogP contribution in [-0.4, -0.2) is 27.7 Å². The van der Waals surface area contributed by atoms with Crippen LogP contribution in [0.3, 0.4) is 0 Å². The van der Waals surface area contributed by atoms with Gasteiger partial charge in [-0.05, 0) is 85.3 Å². The predicted octanol–water partition coefficient (Wildman–Crippen LogP) is 6.10. The number of hydrogen-bond acceptors (Lipinski definition) is 4. The lowest BCUT2D eigenvalue weighted by Gasteiger charge is -2.12. The Balaban J connectivity index is 1.60. The van der Waals surface area contributed by atoms with Crippen LogP contribution in [0, 0.1) is 13.8 Å². The van der Waals surface area contributed by atoms with Crippen molar-refractivity contribution in [3.8, 4) is 11.4 Å². The Hall–Kier alpha value is -2.77. The topological polar surface area (TPSA) is 51.5 Å². The van der Waals surface area contributed by atoms with Gasteiger partial charge in [0.15, 0.2) is 0 Å². The van der Waals surface area contributed by atoms with E-state index in [0.29, 0.717) is 4.91 Å². The molecule has 1 aliphatic heterocycles. The molecule has 0 saturated carbocycles. The van der Waals surface area contributed by atoms with Crippen LogP contribution in [0.1, 0.15) is 22.5 Å². The van der Waals surface area contributed by atoms with E-state index in [-0.39, 0.29) is 17.7 Å². The summed E-state index contributed by atoms with van der Waals surface area (Å²) in [4.78, 5) is 27.2. The Morgan fingerprint density at radius 1 is 1.03 bits per heavy atom. The molecule has 4 rings (SSSR count). The average molecular weight is 497 g/mol. The first-order chi connectivity index (χ1) is 14.9. The van der Waals surface area contributed by atoms with Crippen molar-refractivity contribution >= 4 is 44.9 Å². The number of hydrogen-bond donors (Lipinski definition) is 0. The lowest BCUT2D eigenvalue weighted by molar-refractivity contribution is -0.123. The van der Waals surface area contributed by atoms with E-state index in [4.69, 9.17) is 4.74 Å². The molecular weight excluding hydrogens is 476 g/mol. The normalized spacial score (nSPS) is 15.2. The van der Waals surface area contributed by atoms with Gasteiger partial charge in [0, 0.05) is 21.5 Å². The molecule has 7 heteroatoms. The van der Waals surface area contributed by atoms with Crippen molar-refractivity contribution in [1.29, 1.82) is 0 Å². The van der Waals surface area contributed by atoms with E-state index in [9.17, 15) is 9.59 Å². The number of thioether (sulfide) groups is 1.